The van der Waals surface area contributed by atoms with Gasteiger partial charge in [0.15, 0.2) is 0 Å². The van der Waals surface area contributed by atoms with Gasteiger partial charge in [0.25, 0.3) is 0 Å². The Bertz CT molecular complexity index is 490. The molecule has 0 atom stereocenters. The number of anilines is 1. The molecule has 82 valence electrons. The van der Waals surface area contributed by atoms with E-state index in [0.717, 1.165) is 17.3 Å². The fraction of sp³-hybridized carbons (Fsp3) is 0.0769. The van der Waals surface area contributed by atoms with Crippen molar-refractivity contribution >= 4 is 34.7 Å². The smallest absolute Gasteiger partial charge is 0.0637 e. The predicted molar refractivity (Wildman–Crippen MR) is 73.2 cm³/mol. The van der Waals surface area contributed by atoms with Crippen LogP contribution in [-0.4, -0.2) is 0 Å². The van der Waals surface area contributed by atoms with Crippen LogP contribution >= 0.6 is 22.9 Å². The molecule has 16 heavy (non-hydrogen) atoms. The molecule has 0 aliphatic rings. The van der Waals surface area contributed by atoms with Crippen molar-refractivity contribution in [2.24, 2.45) is 0 Å². The van der Waals surface area contributed by atoms with Gasteiger partial charge >= 0.3 is 0 Å². The summed E-state index contributed by atoms with van der Waals surface area (Å²) in [7, 11) is 0. The first-order valence-corrected chi connectivity index (χ1v) is 6.18. The van der Waals surface area contributed by atoms with Crippen LogP contribution in [0.2, 0.25) is 5.02 Å². The standard InChI is InChI=1S/C13H12ClNS/c1-2-10-7-8-11(16-10)9-15-13-6-4-3-5-12(13)14/h2-8,15H,1,9H2. The van der Waals surface area contributed by atoms with Crippen molar-refractivity contribution in [3.8, 4) is 0 Å². The number of hydrogen-bond donors (Lipinski definition) is 1. The van der Waals surface area contributed by atoms with Gasteiger partial charge in [-0.25, -0.2) is 0 Å². The fourth-order valence-corrected chi connectivity index (χ4v) is 2.39. The molecule has 0 bridgehead atoms. The molecule has 3 heteroatoms. The van der Waals surface area contributed by atoms with E-state index in [1.165, 1.54) is 9.75 Å². The molecule has 0 spiro atoms. The van der Waals surface area contributed by atoms with Crippen LogP contribution in [0.3, 0.4) is 0 Å². The van der Waals surface area contributed by atoms with Crippen molar-refractivity contribution in [2.45, 2.75) is 6.54 Å². The van der Waals surface area contributed by atoms with E-state index < -0.39 is 0 Å². The van der Waals surface area contributed by atoms with Crippen LogP contribution in [0.25, 0.3) is 6.08 Å². The zero-order valence-corrected chi connectivity index (χ0v) is 10.3. The Balaban J connectivity index is 2.02. The first-order chi connectivity index (χ1) is 7.79. The van der Waals surface area contributed by atoms with E-state index in [2.05, 4.69) is 24.0 Å². The van der Waals surface area contributed by atoms with Gasteiger partial charge in [0, 0.05) is 16.3 Å². The van der Waals surface area contributed by atoms with Gasteiger partial charge in [0.2, 0.25) is 0 Å². The van der Waals surface area contributed by atoms with Crippen LogP contribution in [0, 0.1) is 0 Å². The molecular formula is C13H12ClNS. The summed E-state index contributed by atoms with van der Waals surface area (Å²) in [5.74, 6) is 0. The second-order valence-corrected chi connectivity index (χ2v) is 4.95. The van der Waals surface area contributed by atoms with Crippen LogP contribution in [0.15, 0.2) is 43.0 Å². The summed E-state index contributed by atoms with van der Waals surface area (Å²) in [5.41, 5.74) is 0.970. The summed E-state index contributed by atoms with van der Waals surface area (Å²) in [5, 5.41) is 4.06. The Labute approximate surface area is 104 Å². The minimum Gasteiger partial charge on any atom is -0.379 e. The van der Waals surface area contributed by atoms with Crippen molar-refractivity contribution in [3.63, 3.8) is 0 Å². The van der Waals surface area contributed by atoms with E-state index in [1.807, 2.05) is 30.3 Å². The number of rotatable bonds is 4. The third-order valence-corrected chi connectivity index (χ3v) is 3.62. The third kappa shape index (κ3) is 2.65. The van der Waals surface area contributed by atoms with Crippen molar-refractivity contribution in [1.29, 1.82) is 0 Å². The summed E-state index contributed by atoms with van der Waals surface area (Å²) in [6.07, 6.45) is 1.86. The summed E-state index contributed by atoms with van der Waals surface area (Å²) in [4.78, 5) is 2.46. The van der Waals surface area contributed by atoms with Crippen LogP contribution in [0.1, 0.15) is 9.75 Å². The quantitative estimate of drug-likeness (QED) is 0.831. The zero-order valence-electron chi connectivity index (χ0n) is 8.74. The van der Waals surface area contributed by atoms with Gasteiger partial charge < -0.3 is 5.32 Å². The lowest BCUT2D eigenvalue weighted by Crippen LogP contribution is -1.97. The largest absolute Gasteiger partial charge is 0.379 e. The van der Waals surface area contributed by atoms with Gasteiger partial charge in [-0.1, -0.05) is 36.4 Å². The molecule has 1 aromatic carbocycles. The number of thiophene rings is 1. The maximum Gasteiger partial charge on any atom is 0.0637 e. The Morgan fingerprint density at radius 3 is 2.75 bits per heavy atom. The van der Waals surface area contributed by atoms with Gasteiger partial charge in [0.05, 0.1) is 10.7 Å². The summed E-state index contributed by atoms with van der Waals surface area (Å²) < 4.78 is 0. The first kappa shape index (κ1) is 11.2. The molecule has 1 nitrogen and oxygen atoms in total. The van der Waals surface area contributed by atoms with Gasteiger partial charge in [0.1, 0.15) is 0 Å². The Kier molecular flexibility index (Phi) is 3.65. The van der Waals surface area contributed by atoms with E-state index in [0.29, 0.717) is 0 Å². The van der Waals surface area contributed by atoms with Crippen LogP contribution in [0.5, 0.6) is 0 Å². The lowest BCUT2D eigenvalue weighted by Gasteiger charge is -2.06. The molecule has 0 fully saturated rings. The van der Waals surface area contributed by atoms with E-state index in [4.69, 9.17) is 11.6 Å². The van der Waals surface area contributed by atoms with Crippen molar-refractivity contribution in [1.82, 2.24) is 0 Å². The summed E-state index contributed by atoms with van der Waals surface area (Å²) in [6, 6.07) is 11.9. The molecule has 1 aromatic heterocycles. The second kappa shape index (κ2) is 5.19. The van der Waals surface area contributed by atoms with Gasteiger partial charge in [-0.3, -0.25) is 0 Å². The fourth-order valence-electron chi connectivity index (χ4n) is 1.39. The highest BCUT2D eigenvalue weighted by atomic mass is 35.5. The Morgan fingerprint density at radius 1 is 1.25 bits per heavy atom. The number of benzene rings is 1. The molecule has 0 radical (unpaired) electrons. The van der Waals surface area contributed by atoms with Crippen LogP contribution < -0.4 is 5.32 Å². The highest BCUT2D eigenvalue weighted by Crippen LogP contribution is 2.23. The molecule has 0 unspecified atom stereocenters. The second-order valence-electron chi connectivity index (χ2n) is 3.34. The maximum atomic E-state index is 6.05. The monoisotopic (exact) mass is 249 g/mol. The molecule has 1 heterocycles. The molecule has 1 N–H and O–H groups in total. The van der Waals surface area contributed by atoms with Gasteiger partial charge in [-0.05, 0) is 24.3 Å². The maximum absolute atomic E-state index is 6.05. The molecule has 0 aliphatic heterocycles. The van der Waals surface area contributed by atoms with E-state index >= 15 is 0 Å². The molecule has 0 saturated carbocycles. The average molecular weight is 250 g/mol. The Morgan fingerprint density at radius 2 is 2.06 bits per heavy atom. The third-order valence-electron chi connectivity index (χ3n) is 2.21. The molecule has 0 aliphatic carbocycles. The highest BCUT2D eigenvalue weighted by molar-refractivity contribution is 7.12. The van der Waals surface area contributed by atoms with E-state index in [-0.39, 0.29) is 0 Å². The predicted octanol–water partition coefficient (Wildman–Crippen LogP) is 4.66. The van der Waals surface area contributed by atoms with Gasteiger partial charge in [-0.15, -0.1) is 11.3 Å². The van der Waals surface area contributed by atoms with Crippen molar-refractivity contribution in [2.75, 3.05) is 5.32 Å². The van der Waals surface area contributed by atoms with Gasteiger partial charge in [-0.2, -0.15) is 0 Å². The molecular weight excluding hydrogens is 238 g/mol. The molecule has 2 aromatic rings. The minimum absolute atomic E-state index is 0.753. The lowest BCUT2D eigenvalue weighted by atomic mass is 10.3. The van der Waals surface area contributed by atoms with E-state index in [9.17, 15) is 0 Å². The van der Waals surface area contributed by atoms with Crippen molar-refractivity contribution < 1.29 is 0 Å². The summed E-state index contributed by atoms with van der Waals surface area (Å²) in [6.45, 7) is 4.54. The topological polar surface area (TPSA) is 12.0 Å². The van der Waals surface area contributed by atoms with Crippen LogP contribution in [-0.2, 0) is 6.54 Å². The van der Waals surface area contributed by atoms with Crippen LogP contribution in [0.4, 0.5) is 5.69 Å². The number of para-hydroxylation sites is 1. The zero-order chi connectivity index (χ0) is 11.4. The average Bonchev–Trinajstić information content (AvgIpc) is 2.76. The first-order valence-electron chi connectivity index (χ1n) is 4.99. The van der Waals surface area contributed by atoms with E-state index in [1.54, 1.807) is 11.3 Å². The number of hydrogen-bond acceptors (Lipinski definition) is 2. The number of halogens is 1. The number of nitrogens with one attached hydrogen (secondary N) is 1. The molecule has 0 saturated heterocycles. The SMILES string of the molecule is C=Cc1ccc(CNc2ccccc2Cl)s1. The minimum atomic E-state index is 0.753. The summed E-state index contributed by atoms with van der Waals surface area (Å²) >= 11 is 7.78. The normalized spacial score (nSPS) is 10.1. The lowest BCUT2D eigenvalue weighted by molar-refractivity contribution is 1.19. The Hall–Kier alpha value is -1.25. The highest BCUT2D eigenvalue weighted by Gasteiger charge is 2.00. The van der Waals surface area contributed by atoms with Crippen molar-refractivity contribution in [3.05, 3.63) is 57.8 Å². The molecule has 0 amide bonds. The molecule has 2 rings (SSSR count).